The number of pyridine rings is 2. The van der Waals surface area contributed by atoms with Crippen molar-refractivity contribution in [3.63, 3.8) is 0 Å². The normalized spacial score (nSPS) is 18.2. The maximum atomic E-state index is 12.5. The largest absolute Gasteiger partial charge is 0.370 e. The van der Waals surface area contributed by atoms with Crippen LogP contribution in [0.5, 0.6) is 0 Å². The van der Waals surface area contributed by atoms with Crippen LogP contribution in [0.2, 0.25) is 0 Å². The van der Waals surface area contributed by atoms with E-state index >= 15 is 0 Å². The van der Waals surface area contributed by atoms with Gasteiger partial charge in [0.2, 0.25) is 0 Å². The van der Waals surface area contributed by atoms with Crippen molar-refractivity contribution in [1.29, 1.82) is 0 Å². The van der Waals surface area contributed by atoms with E-state index in [2.05, 4.69) is 9.97 Å². The maximum absolute atomic E-state index is 12.5. The predicted octanol–water partition coefficient (Wildman–Crippen LogP) is 1.29. The highest BCUT2D eigenvalue weighted by molar-refractivity contribution is 5.93. The summed E-state index contributed by atoms with van der Waals surface area (Å²) in [6, 6.07) is 7.05. The summed E-state index contributed by atoms with van der Waals surface area (Å²) in [5, 5.41) is 0. The van der Waals surface area contributed by atoms with E-state index in [-0.39, 0.29) is 23.1 Å². The number of aryl methyl sites for hydroxylation is 1. The molecule has 3 heterocycles. The lowest BCUT2D eigenvalue weighted by molar-refractivity contribution is -0.0229. The minimum absolute atomic E-state index is 0.168. The Morgan fingerprint density at radius 1 is 1.32 bits per heavy atom. The summed E-state index contributed by atoms with van der Waals surface area (Å²) in [6.07, 6.45) is 3.21. The molecule has 1 aliphatic rings. The molecule has 0 radical (unpaired) electrons. The van der Waals surface area contributed by atoms with Gasteiger partial charge in [0.25, 0.3) is 11.5 Å². The van der Waals surface area contributed by atoms with Gasteiger partial charge in [0.1, 0.15) is 11.7 Å². The molecule has 6 nitrogen and oxygen atoms in total. The number of carbonyl (C=O) groups is 1. The number of hydrogen-bond acceptors (Lipinski definition) is 4. The zero-order valence-electron chi connectivity index (χ0n) is 12.3. The van der Waals surface area contributed by atoms with E-state index < -0.39 is 0 Å². The van der Waals surface area contributed by atoms with Crippen LogP contribution in [-0.4, -0.2) is 40.5 Å². The fourth-order valence-electron chi connectivity index (χ4n) is 2.52. The molecule has 0 saturated carbocycles. The molecule has 114 valence electrons. The second kappa shape index (κ2) is 6.11. The summed E-state index contributed by atoms with van der Waals surface area (Å²) in [6.45, 7) is 3.14. The molecule has 1 N–H and O–H groups in total. The highest BCUT2D eigenvalue weighted by Gasteiger charge is 2.27. The minimum Gasteiger partial charge on any atom is -0.370 e. The fourth-order valence-corrected chi connectivity index (χ4v) is 2.52. The standard InChI is InChI=1S/C16H17N3O3/c1-11-2-3-13(15(20)18-11)16(21)19-8-9-22-14(10-19)12-4-6-17-7-5-12/h2-7,14H,8-10H2,1H3,(H,18,20)/t14-/m1/s1. The Labute approximate surface area is 127 Å². The van der Waals surface area contributed by atoms with Gasteiger partial charge in [-0.05, 0) is 36.8 Å². The van der Waals surface area contributed by atoms with Gasteiger partial charge in [0, 0.05) is 24.6 Å². The lowest BCUT2D eigenvalue weighted by Crippen LogP contribution is -2.43. The molecule has 1 fully saturated rings. The molecule has 0 unspecified atom stereocenters. The number of aromatic nitrogens is 2. The van der Waals surface area contributed by atoms with Crippen LogP contribution < -0.4 is 5.56 Å². The van der Waals surface area contributed by atoms with Crippen molar-refractivity contribution in [2.24, 2.45) is 0 Å². The van der Waals surface area contributed by atoms with E-state index in [0.717, 1.165) is 11.3 Å². The number of amides is 1. The van der Waals surface area contributed by atoms with Crippen LogP contribution in [0.15, 0.2) is 41.5 Å². The average Bonchev–Trinajstić information content (AvgIpc) is 2.55. The molecule has 1 atom stereocenters. The zero-order valence-corrected chi connectivity index (χ0v) is 12.3. The van der Waals surface area contributed by atoms with Gasteiger partial charge in [0.05, 0.1) is 13.2 Å². The average molecular weight is 299 g/mol. The van der Waals surface area contributed by atoms with E-state index in [9.17, 15) is 9.59 Å². The van der Waals surface area contributed by atoms with Crippen LogP contribution in [0.3, 0.4) is 0 Å². The highest BCUT2D eigenvalue weighted by atomic mass is 16.5. The lowest BCUT2D eigenvalue weighted by atomic mass is 10.1. The fraction of sp³-hybridized carbons (Fsp3) is 0.312. The molecule has 2 aromatic rings. The molecule has 2 aromatic heterocycles. The Morgan fingerprint density at radius 3 is 2.82 bits per heavy atom. The molecule has 0 aliphatic carbocycles. The zero-order chi connectivity index (χ0) is 15.5. The van der Waals surface area contributed by atoms with Gasteiger partial charge in [0.15, 0.2) is 0 Å². The molecule has 1 amide bonds. The topological polar surface area (TPSA) is 75.3 Å². The van der Waals surface area contributed by atoms with Crippen molar-refractivity contribution in [3.8, 4) is 0 Å². The third-order valence-corrected chi connectivity index (χ3v) is 3.72. The van der Waals surface area contributed by atoms with Gasteiger partial charge in [-0.15, -0.1) is 0 Å². The van der Waals surface area contributed by atoms with Crippen molar-refractivity contribution in [1.82, 2.24) is 14.9 Å². The minimum atomic E-state index is -0.350. The summed E-state index contributed by atoms with van der Waals surface area (Å²) < 4.78 is 5.72. The first kappa shape index (κ1) is 14.5. The van der Waals surface area contributed by atoms with E-state index in [1.165, 1.54) is 0 Å². The lowest BCUT2D eigenvalue weighted by Gasteiger charge is -2.33. The molecule has 0 aromatic carbocycles. The first-order valence-corrected chi connectivity index (χ1v) is 7.16. The number of ether oxygens (including phenoxy) is 1. The van der Waals surface area contributed by atoms with Crippen LogP contribution in [-0.2, 0) is 4.74 Å². The highest BCUT2D eigenvalue weighted by Crippen LogP contribution is 2.22. The SMILES string of the molecule is Cc1ccc(C(=O)N2CCO[C@@H](c3ccncc3)C2)c(=O)[nH]1. The van der Waals surface area contributed by atoms with Crippen molar-refractivity contribution < 1.29 is 9.53 Å². The summed E-state index contributed by atoms with van der Waals surface area (Å²) in [5.74, 6) is -0.261. The number of H-pyrrole nitrogens is 1. The Balaban J connectivity index is 1.80. The Kier molecular flexibility index (Phi) is 4.02. The second-order valence-corrected chi connectivity index (χ2v) is 5.28. The predicted molar refractivity (Wildman–Crippen MR) is 80.6 cm³/mol. The third kappa shape index (κ3) is 2.92. The quantitative estimate of drug-likeness (QED) is 0.906. The van der Waals surface area contributed by atoms with Gasteiger partial charge < -0.3 is 14.6 Å². The number of nitrogens with zero attached hydrogens (tertiary/aromatic N) is 2. The number of aromatic amines is 1. The van der Waals surface area contributed by atoms with Crippen molar-refractivity contribution in [2.45, 2.75) is 13.0 Å². The Bertz CT molecular complexity index is 727. The Hall–Kier alpha value is -2.47. The van der Waals surface area contributed by atoms with Gasteiger partial charge in [-0.25, -0.2) is 0 Å². The monoisotopic (exact) mass is 299 g/mol. The summed E-state index contributed by atoms with van der Waals surface area (Å²) in [4.78, 5) is 32.8. The number of carbonyl (C=O) groups excluding carboxylic acids is 1. The molecule has 22 heavy (non-hydrogen) atoms. The molecule has 6 heteroatoms. The first-order chi connectivity index (χ1) is 10.6. The van der Waals surface area contributed by atoms with Crippen molar-refractivity contribution >= 4 is 5.91 Å². The van der Waals surface area contributed by atoms with Gasteiger partial charge >= 0.3 is 0 Å². The van der Waals surface area contributed by atoms with Crippen molar-refractivity contribution in [2.75, 3.05) is 19.7 Å². The van der Waals surface area contributed by atoms with Gasteiger partial charge in [-0.3, -0.25) is 14.6 Å². The third-order valence-electron chi connectivity index (χ3n) is 3.72. The molecule has 3 rings (SSSR count). The van der Waals surface area contributed by atoms with Crippen LogP contribution >= 0.6 is 0 Å². The summed E-state index contributed by atoms with van der Waals surface area (Å²) in [7, 11) is 0. The molecule has 0 bridgehead atoms. The summed E-state index contributed by atoms with van der Waals surface area (Å²) in [5.41, 5.74) is 1.53. The second-order valence-electron chi connectivity index (χ2n) is 5.28. The number of nitrogens with one attached hydrogen (secondary N) is 1. The molecular formula is C16H17N3O3. The van der Waals surface area contributed by atoms with Crippen LogP contribution in [0.1, 0.15) is 27.7 Å². The van der Waals surface area contributed by atoms with E-state index in [4.69, 9.17) is 4.74 Å². The van der Waals surface area contributed by atoms with Gasteiger partial charge in [-0.2, -0.15) is 0 Å². The van der Waals surface area contributed by atoms with Crippen LogP contribution in [0.4, 0.5) is 0 Å². The molecule has 0 spiro atoms. The van der Waals surface area contributed by atoms with E-state index in [1.807, 2.05) is 12.1 Å². The molecule has 1 saturated heterocycles. The van der Waals surface area contributed by atoms with Crippen LogP contribution in [0, 0.1) is 6.92 Å². The van der Waals surface area contributed by atoms with E-state index in [0.29, 0.717) is 19.7 Å². The maximum Gasteiger partial charge on any atom is 0.260 e. The van der Waals surface area contributed by atoms with Crippen molar-refractivity contribution in [3.05, 3.63) is 63.8 Å². The molecular weight excluding hydrogens is 282 g/mol. The van der Waals surface area contributed by atoms with Crippen LogP contribution in [0.25, 0.3) is 0 Å². The Morgan fingerprint density at radius 2 is 2.09 bits per heavy atom. The smallest absolute Gasteiger partial charge is 0.260 e. The number of hydrogen-bond donors (Lipinski definition) is 1. The van der Waals surface area contributed by atoms with Gasteiger partial charge in [-0.1, -0.05) is 0 Å². The number of rotatable bonds is 2. The summed E-state index contributed by atoms with van der Waals surface area (Å²) >= 11 is 0. The number of morpholine rings is 1. The van der Waals surface area contributed by atoms with E-state index in [1.54, 1.807) is 36.4 Å². The molecule has 1 aliphatic heterocycles. The first-order valence-electron chi connectivity index (χ1n) is 7.16.